The molecule has 2 aromatic rings. The van der Waals surface area contributed by atoms with Crippen LogP contribution in [0, 0.1) is 0 Å². The summed E-state index contributed by atoms with van der Waals surface area (Å²) in [5, 5.41) is 5.35. The highest BCUT2D eigenvalue weighted by Crippen LogP contribution is 2.23. The molecule has 0 aliphatic carbocycles. The molecule has 2 rings (SSSR count). The fraction of sp³-hybridized carbons (Fsp3) is 0.200. The quantitative estimate of drug-likeness (QED) is 0.479. The first-order chi connectivity index (χ1) is 7.20. The molecular weight excluding hydrogens is 212 g/mol. The van der Waals surface area contributed by atoms with E-state index in [9.17, 15) is 0 Å². The first-order valence-corrected chi connectivity index (χ1v) is 5.05. The zero-order valence-electron chi connectivity index (χ0n) is 8.31. The van der Waals surface area contributed by atoms with Crippen LogP contribution in [0.15, 0.2) is 29.4 Å². The van der Waals surface area contributed by atoms with E-state index in [0.29, 0.717) is 5.84 Å². The molecule has 0 fully saturated rings. The molecule has 78 valence electrons. The Bertz CT molecular complexity index is 515. The molecule has 5 heteroatoms. The number of rotatable bonds is 2. The first kappa shape index (κ1) is 9.98. The fourth-order valence-electron chi connectivity index (χ4n) is 1.42. The third-order valence-corrected chi connectivity index (χ3v) is 2.30. The Balaban J connectivity index is 2.60. The van der Waals surface area contributed by atoms with Crippen molar-refractivity contribution in [1.29, 1.82) is 0 Å². The summed E-state index contributed by atoms with van der Waals surface area (Å²) in [6, 6.07) is 5.78. The van der Waals surface area contributed by atoms with E-state index >= 15 is 0 Å². The monoisotopic (exact) mass is 222 g/mol. The minimum absolute atomic E-state index is 0.225. The predicted molar refractivity (Wildman–Crippen MR) is 62.7 cm³/mol. The molecule has 1 aromatic heterocycles. The average Bonchev–Trinajstić information content (AvgIpc) is 2.59. The fourth-order valence-corrected chi connectivity index (χ4v) is 1.48. The van der Waals surface area contributed by atoms with Gasteiger partial charge in [-0.15, -0.1) is 11.6 Å². The molecule has 1 aromatic carbocycles. The number of aromatic nitrogens is 2. The molecule has 1 heterocycles. The number of hydrogen-bond donors (Lipinski definition) is 1. The summed E-state index contributed by atoms with van der Waals surface area (Å²) < 4.78 is 1.75. The highest BCUT2D eigenvalue weighted by molar-refractivity contribution is 6.28. The summed E-state index contributed by atoms with van der Waals surface area (Å²) in [6.45, 7) is 0. The zero-order chi connectivity index (χ0) is 10.8. The summed E-state index contributed by atoms with van der Waals surface area (Å²) >= 11 is 5.58. The Labute approximate surface area is 92.4 Å². The van der Waals surface area contributed by atoms with E-state index in [0.717, 1.165) is 16.6 Å². The summed E-state index contributed by atoms with van der Waals surface area (Å²) in [5.74, 6) is 0.623. The van der Waals surface area contributed by atoms with E-state index in [4.69, 9.17) is 17.3 Å². The van der Waals surface area contributed by atoms with Crippen molar-refractivity contribution in [2.75, 3.05) is 5.88 Å². The summed E-state index contributed by atoms with van der Waals surface area (Å²) in [6.07, 6.45) is 1.94. The van der Waals surface area contributed by atoms with Crippen molar-refractivity contribution in [3.8, 4) is 0 Å². The Morgan fingerprint density at radius 1 is 1.60 bits per heavy atom. The lowest BCUT2D eigenvalue weighted by atomic mass is 10.2. The number of hydrogen-bond acceptors (Lipinski definition) is 2. The molecule has 0 atom stereocenters. The van der Waals surface area contributed by atoms with Gasteiger partial charge in [-0.2, -0.15) is 5.10 Å². The standard InChI is InChI=1S/C10H11ClN4/c1-15-6-7-3-2-4-8(10(7)14-15)13-9(12)5-11/h2-4,6H,5H2,1H3,(H2,12,13). The van der Waals surface area contributed by atoms with Gasteiger partial charge in [0.05, 0.1) is 11.6 Å². The van der Waals surface area contributed by atoms with Crippen LogP contribution in [0.25, 0.3) is 10.9 Å². The minimum atomic E-state index is 0.225. The third-order valence-electron chi connectivity index (χ3n) is 2.03. The van der Waals surface area contributed by atoms with E-state index in [1.807, 2.05) is 31.4 Å². The van der Waals surface area contributed by atoms with Crippen molar-refractivity contribution in [2.45, 2.75) is 0 Å². The molecule has 0 unspecified atom stereocenters. The highest BCUT2D eigenvalue weighted by atomic mass is 35.5. The van der Waals surface area contributed by atoms with Gasteiger partial charge in [-0.25, -0.2) is 4.99 Å². The van der Waals surface area contributed by atoms with Gasteiger partial charge in [-0.05, 0) is 6.07 Å². The Hall–Kier alpha value is -1.55. The Morgan fingerprint density at radius 3 is 3.13 bits per heavy atom. The van der Waals surface area contributed by atoms with Crippen LogP contribution < -0.4 is 5.73 Å². The molecular formula is C10H11ClN4. The zero-order valence-corrected chi connectivity index (χ0v) is 9.07. The second-order valence-electron chi connectivity index (χ2n) is 3.25. The number of aliphatic imine (C=N–C) groups is 1. The van der Waals surface area contributed by atoms with Crippen LogP contribution in [-0.2, 0) is 7.05 Å². The Kier molecular flexibility index (Phi) is 2.60. The number of aryl methyl sites for hydroxylation is 1. The van der Waals surface area contributed by atoms with E-state index in [-0.39, 0.29) is 5.88 Å². The molecule has 15 heavy (non-hydrogen) atoms. The van der Waals surface area contributed by atoms with Gasteiger partial charge in [-0.1, -0.05) is 12.1 Å². The van der Waals surface area contributed by atoms with Crippen LogP contribution in [0.3, 0.4) is 0 Å². The van der Waals surface area contributed by atoms with Crippen LogP contribution in [0.1, 0.15) is 0 Å². The maximum atomic E-state index is 5.59. The third kappa shape index (κ3) is 1.94. The van der Waals surface area contributed by atoms with Gasteiger partial charge in [0, 0.05) is 18.6 Å². The normalized spacial score (nSPS) is 12.3. The van der Waals surface area contributed by atoms with Gasteiger partial charge in [0.1, 0.15) is 11.4 Å². The van der Waals surface area contributed by atoms with Crippen molar-refractivity contribution in [2.24, 2.45) is 17.8 Å². The van der Waals surface area contributed by atoms with E-state index in [1.54, 1.807) is 4.68 Å². The van der Waals surface area contributed by atoms with Crippen molar-refractivity contribution in [1.82, 2.24) is 9.78 Å². The van der Waals surface area contributed by atoms with Gasteiger partial charge < -0.3 is 5.73 Å². The lowest BCUT2D eigenvalue weighted by Crippen LogP contribution is -2.12. The number of benzene rings is 1. The van der Waals surface area contributed by atoms with Gasteiger partial charge >= 0.3 is 0 Å². The average molecular weight is 223 g/mol. The van der Waals surface area contributed by atoms with Gasteiger partial charge in [-0.3, -0.25) is 4.68 Å². The number of nitrogens with two attached hydrogens (primary N) is 1. The van der Waals surface area contributed by atoms with Crippen LogP contribution in [0.5, 0.6) is 0 Å². The molecule has 0 radical (unpaired) electrons. The van der Waals surface area contributed by atoms with Crippen LogP contribution in [0.2, 0.25) is 0 Å². The molecule has 0 saturated carbocycles. The van der Waals surface area contributed by atoms with E-state index < -0.39 is 0 Å². The smallest absolute Gasteiger partial charge is 0.118 e. The molecule has 0 aliphatic rings. The van der Waals surface area contributed by atoms with Gasteiger partial charge in [0.2, 0.25) is 0 Å². The number of amidine groups is 1. The van der Waals surface area contributed by atoms with Crippen molar-refractivity contribution in [3.05, 3.63) is 24.4 Å². The summed E-state index contributed by atoms with van der Waals surface area (Å²) in [4.78, 5) is 4.21. The van der Waals surface area contributed by atoms with Crippen LogP contribution >= 0.6 is 11.6 Å². The molecule has 0 spiro atoms. The summed E-state index contributed by atoms with van der Waals surface area (Å²) in [5.41, 5.74) is 7.18. The van der Waals surface area contributed by atoms with Crippen molar-refractivity contribution in [3.63, 3.8) is 0 Å². The number of nitrogens with zero attached hydrogens (tertiary/aromatic N) is 3. The molecule has 2 N–H and O–H groups in total. The predicted octanol–water partition coefficient (Wildman–Crippen LogP) is 1.80. The van der Waals surface area contributed by atoms with Crippen LogP contribution in [-0.4, -0.2) is 21.5 Å². The second-order valence-corrected chi connectivity index (χ2v) is 3.52. The first-order valence-electron chi connectivity index (χ1n) is 4.52. The highest BCUT2D eigenvalue weighted by Gasteiger charge is 2.03. The molecule has 0 bridgehead atoms. The van der Waals surface area contributed by atoms with Crippen molar-refractivity contribution < 1.29 is 0 Å². The number of halogens is 1. The topological polar surface area (TPSA) is 56.2 Å². The Morgan fingerprint density at radius 2 is 2.40 bits per heavy atom. The van der Waals surface area contributed by atoms with Gasteiger partial charge in [0.15, 0.2) is 0 Å². The van der Waals surface area contributed by atoms with E-state index in [1.165, 1.54) is 0 Å². The van der Waals surface area contributed by atoms with Crippen molar-refractivity contribution >= 4 is 34.0 Å². The maximum absolute atomic E-state index is 5.59. The molecule has 0 amide bonds. The van der Waals surface area contributed by atoms with Crippen LogP contribution in [0.4, 0.5) is 5.69 Å². The lowest BCUT2D eigenvalue weighted by molar-refractivity contribution is 0.780. The molecule has 0 saturated heterocycles. The van der Waals surface area contributed by atoms with Gasteiger partial charge in [0.25, 0.3) is 0 Å². The number of fused-ring (bicyclic) bond motifs is 1. The maximum Gasteiger partial charge on any atom is 0.118 e. The lowest BCUT2D eigenvalue weighted by Gasteiger charge is -1.96. The molecule has 0 aliphatic heterocycles. The minimum Gasteiger partial charge on any atom is -0.386 e. The molecule has 4 nitrogen and oxygen atoms in total. The SMILES string of the molecule is Cn1cc2cccc(N=C(N)CCl)c2n1. The second kappa shape index (κ2) is 3.90. The summed E-state index contributed by atoms with van der Waals surface area (Å²) in [7, 11) is 1.87. The number of alkyl halides is 1. The van der Waals surface area contributed by atoms with E-state index in [2.05, 4.69) is 10.1 Å². The largest absolute Gasteiger partial charge is 0.386 e.